The zero-order valence-corrected chi connectivity index (χ0v) is 7.35. The lowest BCUT2D eigenvalue weighted by molar-refractivity contribution is 0.546. The predicted molar refractivity (Wildman–Crippen MR) is 44.5 cm³/mol. The Bertz CT molecular complexity index is 156. The van der Waals surface area contributed by atoms with Gasteiger partial charge in [0.15, 0.2) is 0 Å². The Morgan fingerprint density at radius 1 is 1.44 bits per heavy atom. The van der Waals surface area contributed by atoms with Gasteiger partial charge in [-0.25, -0.2) is 0 Å². The van der Waals surface area contributed by atoms with Gasteiger partial charge in [0.1, 0.15) is 0 Å². The second-order valence-electron chi connectivity index (χ2n) is 2.58. The van der Waals surface area contributed by atoms with Gasteiger partial charge < -0.3 is 0 Å². The van der Waals surface area contributed by atoms with Crippen molar-refractivity contribution in [2.45, 2.75) is 13.8 Å². The standard InChI is InChI=1S/C8H11Br/c1-6-4-3-5-8(9)7(6)2/h3-7H,1-2H3. The van der Waals surface area contributed by atoms with Crippen molar-refractivity contribution in [3.05, 3.63) is 22.7 Å². The van der Waals surface area contributed by atoms with E-state index in [2.05, 4.69) is 48.0 Å². The first-order chi connectivity index (χ1) is 4.22. The van der Waals surface area contributed by atoms with Gasteiger partial charge in [-0.3, -0.25) is 0 Å². The van der Waals surface area contributed by atoms with Crippen LogP contribution in [0.25, 0.3) is 0 Å². The highest BCUT2D eigenvalue weighted by atomic mass is 79.9. The first kappa shape index (κ1) is 7.07. The summed E-state index contributed by atoms with van der Waals surface area (Å²) in [7, 11) is 0. The molecule has 2 unspecified atom stereocenters. The molecule has 0 spiro atoms. The molecule has 50 valence electrons. The van der Waals surface area contributed by atoms with E-state index in [0.717, 1.165) is 0 Å². The molecule has 0 amide bonds. The first-order valence-corrected chi connectivity index (χ1v) is 4.05. The Kier molecular flexibility index (Phi) is 2.12. The summed E-state index contributed by atoms with van der Waals surface area (Å²) < 4.78 is 1.32. The van der Waals surface area contributed by atoms with E-state index in [-0.39, 0.29) is 0 Å². The van der Waals surface area contributed by atoms with Gasteiger partial charge in [-0.05, 0) is 16.3 Å². The van der Waals surface area contributed by atoms with E-state index < -0.39 is 0 Å². The topological polar surface area (TPSA) is 0 Å². The van der Waals surface area contributed by atoms with Gasteiger partial charge in [0.2, 0.25) is 0 Å². The number of allylic oxidation sites excluding steroid dienone is 4. The Morgan fingerprint density at radius 2 is 2.11 bits per heavy atom. The van der Waals surface area contributed by atoms with Crippen LogP contribution in [0.2, 0.25) is 0 Å². The lowest BCUT2D eigenvalue weighted by Crippen LogP contribution is -2.07. The van der Waals surface area contributed by atoms with Crippen LogP contribution in [0, 0.1) is 11.8 Å². The zero-order chi connectivity index (χ0) is 6.85. The van der Waals surface area contributed by atoms with Crippen molar-refractivity contribution in [3.63, 3.8) is 0 Å². The maximum atomic E-state index is 3.50. The van der Waals surface area contributed by atoms with Crippen molar-refractivity contribution in [3.8, 4) is 0 Å². The molecule has 1 aliphatic carbocycles. The third-order valence-electron chi connectivity index (χ3n) is 1.89. The van der Waals surface area contributed by atoms with Gasteiger partial charge in [0.25, 0.3) is 0 Å². The summed E-state index contributed by atoms with van der Waals surface area (Å²) in [5.41, 5.74) is 0. The van der Waals surface area contributed by atoms with Gasteiger partial charge in [-0.15, -0.1) is 0 Å². The molecule has 0 saturated heterocycles. The van der Waals surface area contributed by atoms with Gasteiger partial charge in [-0.2, -0.15) is 0 Å². The van der Waals surface area contributed by atoms with Gasteiger partial charge >= 0.3 is 0 Å². The SMILES string of the molecule is CC1C=CC=C(Br)C1C. The third kappa shape index (κ3) is 1.45. The second kappa shape index (κ2) is 2.70. The van der Waals surface area contributed by atoms with Crippen LogP contribution in [-0.4, -0.2) is 0 Å². The minimum Gasteiger partial charge on any atom is -0.0810 e. The highest BCUT2D eigenvalue weighted by molar-refractivity contribution is 9.11. The van der Waals surface area contributed by atoms with Crippen LogP contribution in [0.4, 0.5) is 0 Å². The smallest absolute Gasteiger partial charge is 0.00155 e. The van der Waals surface area contributed by atoms with Crippen LogP contribution in [-0.2, 0) is 0 Å². The van der Waals surface area contributed by atoms with Crippen LogP contribution in [0.1, 0.15) is 13.8 Å². The van der Waals surface area contributed by atoms with Crippen molar-refractivity contribution >= 4 is 15.9 Å². The lowest BCUT2D eigenvalue weighted by atomic mass is 9.92. The highest BCUT2D eigenvalue weighted by Crippen LogP contribution is 2.28. The van der Waals surface area contributed by atoms with E-state index in [1.807, 2.05) is 0 Å². The van der Waals surface area contributed by atoms with Crippen LogP contribution in [0.15, 0.2) is 22.7 Å². The van der Waals surface area contributed by atoms with Crippen molar-refractivity contribution in [2.75, 3.05) is 0 Å². The molecule has 0 bridgehead atoms. The van der Waals surface area contributed by atoms with Crippen molar-refractivity contribution < 1.29 is 0 Å². The average Bonchev–Trinajstić information content (AvgIpc) is 1.83. The molecule has 0 aromatic rings. The normalized spacial score (nSPS) is 34.3. The highest BCUT2D eigenvalue weighted by Gasteiger charge is 2.13. The van der Waals surface area contributed by atoms with Crippen LogP contribution >= 0.6 is 15.9 Å². The zero-order valence-electron chi connectivity index (χ0n) is 5.76. The quantitative estimate of drug-likeness (QED) is 0.546. The van der Waals surface area contributed by atoms with Crippen molar-refractivity contribution in [2.24, 2.45) is 11.8 Å². The molecule has 0 N–H and O–H groups in total. The minimum absolute atomic E-state index is 0.662. The largest absolute Gasteiger partial charge is 0.0810 e. The Labute approximate surface area is 64.8 Å². The summed E-state index contributed by atoms with van der Waals surface area (Å²) in [6.07, 6.45) is 6.45. The molecule has 0 saturated carbocycles. The van der Waals surface area contributed by atoms with E-state index in [4.69, 9.17) is 0 Å². The molecule has 1 heteroatoms. The minimum atomic E-state index is 0.662. The number of hydrogen-bond donors (Lipinski definition) is 0. The fourth-order valence-corrected chi connectivity index (χ4v) is 1.46. The Balaban J connectivity index is 2.73. The third-order valence-corrected chi connectivity index (χ3v) is 2.88. The molecule has 0 aromatic carbocycles. The van der Waals surface area contributed by atoms with Crippen molar-refractivity contribution in [1.82, 2.24) is 0 Å². The molecule has 0 heterocycles. The molecule has 0 aliphatic heterocycles. The fraction of sp³-hybridized carbons (Fsp3) is 0.500. The van der Waals surface area contributed by atoms with E-state index in [9.17, 15) is 0 Å². The van der Waals surface area contributed by atoms with Gasteiger partial charge in [-0.1, -0.05) is 48.0 Å². The number of hydrogen-bond acceptors (Lipinski definition) is 0. The summed E-state index contributed by atoms with van der Waals surface area (Å²) in [6, 6.07) is 0. The first-order valence-electron chi connectivity index (χ1n) is 3.25. The number of halogens is 1. The fourth-order valence-electron chi connectivity index (χ4n) is 0.892. The molecule has 9 heavy (non-hydrogen) atoms. The van der Waals surface area contributed by atoms with Crippen LogP contribution in [0.3, 0.4) is 0 Å². The maximum Gasteiger partial charge on any atom is -0.00155 e. The Morgan fingerprint density at radius 3 is 2.56 bits per heavy atom. The molecular formula is C8H11Br. The monoisotopic (exact) mass is 186 g/mol. The summed E-state index contributed by atoms with van der Waals surface area (Å²) in [5, 5.41) is 0. The predicted octanol–water partition coefficient (Wildman–Crippen LogP) is 3.11. The van der Waals surface area contributed by atoms with Crippen molar-refractivity contribution in [1.29, 1.82) is 0 Å². The van der Waals surface area contributed by atoms with E-state index in [0.29, 0.717) is 11.8 Å². The lowest BCUT2D eigenvalue weighted by Gasteiger charge is -2.18. The van der Waals surface area contributed by atoms with Crippen LogP contribution < -0.4 is 0 Å². The molecule has 0 aromatic heterocycles. The summed E-state index contributed by atoms with van der Waals surface area (Å²) in [6.45, 7) is 4.46. The molecule has 1 rings (SSSR count). The summed E-state index contributed by atoms with van der Waals surface area (Å²) in [5.74, 6) is 1.35. The molecule has 1 aliphatic rings. The van der Waals surface area contributed by atoms with Gasteiger partial charge in [0.05, 0.1) is 0 Å². The summed E-state index contributed by atoms with van der Waals surface area (Å²) >= 11 is 3.50. The molecule has 0 fully saturated rings. The molecule has 2 atom stereocenters. The second-order valence-corrected chi connectivity index (χ2v) is 3.50. The molecule has 0 nitrogen and oxygen atoms in total. The van der Waals surface area contributed by atoms with E-state index in [1.54, 1.807) is 0 Å². The summed E-state index contributed by atoms with van der Waals surface area (Å²) in [4.78, 5) is 0. The maximum absolute atomic E-state index is 3.50. The van der Waals surface area contributed by atoms with E-state index in [1.165, 1.54) is 4.48 Å². The van der Waals surface area contributed by atoms with E-state index >= 15 is 0 Å². The number of rotatable bonds is 0. The van der Waals surface area contributed by atoms with Crippen LogP contribution in [0.5, 0.6) is 0 Å². The van der Waals surface area contributed by atoms with Gasteiger partial charge in [0, 0.05) is 0 Å². The molecular weight excluding hydrogens is 176 g/mol. The molecule has 0 radical (unpaired) electrons. The average molecular weight is 187 g/mol. The Hall–Kier alpha value is -0.0400.